The molecule has 60 heavy (non-hydrogen) atoms. The number of aromatic nitrogens is 8. The van der Waals surface area contributed by atoms with E-state index in [9.17, 15) is 9.59 Å². The maximum Gasteiger partial charge on any atom is 0.315 e. The third-order valence-corrected chi connectivity index (χ3v) is 9.87. The highest BCUT2D eigenvalue weighted by atomic mass is 35.5. The number of ether oxygens (including phenoxy) is 3. The van der Waals surface area contributed by atoms with Crippen LogP contribution < -0.4 is 9.47 Å². The van der Waals surface area contributed by atoms with E-state index in [-0.39, 0.29) is 31.6 Å². The van der Waals surface area contributed by atoms with Crippen LogP contribution >= 0.6 is 23.2 Å². The van der Waals surface area contributed by atoms with E-state index in [1.165, 1.54) is 0 Å². The summed E-state index contributed by atoms with van der Waals surface area (Å²) in [5.41, 5.74) is 3.97. The number of carbonyl (C=O) groups is 2. The predicted octanol–water partition coefficient (Wildman–Crippen LogP) is 9.64. The van der Waals surface area contributed by atoms with E-state index >= 15 is 0 Å². The lowest BCUT2D eigenvalue weighted by molar-refractivity contribution is -0.159. The molecule has 0 fully saturated rings. The number of fused-ring (bicyclic) bond motifs is 2. The number of rotatable bonds is 15. The molecule has 0 aliphatic heterocycles. The van der Waals surface area contributed by atoms with Gasteiger partial charge in [-0.1, -0.05) is 23.2 Å². The molecular weight excluding hydrogens is 811 g/mol. The number of nitrogens with zero attached hydrogens (tertiary/aromatic N) is 8. The zero-order valence-electron chi connectivity index (χ0n) is 33.0. The zero-order valence-corrected chi connectivity index (χ0v) is 34.5. The van der Waals surface area contributed by atoms with Crippen LogP contribution in [0.15, 0.2) is 94.3 Å². The molecule has 6 heterocycles. The fourth-order valence-corrected chi connectivity index (χ4v) is 7.06. The van der Waals surface area contributed by atoms with Crippen molar-refractivity contribution < 1.29 is 32.6 Å². The van der Waals surface area contributed by atoms with Crippen molar-refractivity contribution in [3.63, 3.8) is 0 Å². The monoisotopic (exact) mass is 848 g/mol. The summed E-state index contributed by atoms with van der Waals surface area (Å²) >= 11 is 12.9. The SMILES string of the molecule is CC(C)Oc1ccc(-c2nnc(-c3ccnc4c3ccn4CCCC(=O)OC(=O)CCn3ccc4c(-c5nnc(-c6ccc(OC(C)C)c(Cl)c6)o5)ccnc43)o2)cc1Cl. The van der Waals surface area contributed by atoms with Gasteiger partial charge in [-0.05, 0) is 94.8 Å². The average molecular weight is 850 g/mol. The van der Waals surface area contributed by atoms with E-state index in [1.807, 2.05) is 56.7 Å². The molecule has 0 aliphatic rings. The quantitative estimate of drug-likeness (QED) is 0.0705. The van der Waals surface area contributed by atoms with Gasteiger partial charge in [0.15, 0.2) is 0 Å². The summed E-state index contributed by atoms with van der Waals surface area (Å²) in [6, 6.07) is 17.9. The van der Waals surface area contributed by atoms with Crippen molar-refractivity contribution in [2.75, 3.05) is 0 Å². The fourth-order valence-electron chi connectivity index (χ4n) is 6.61. The first-order chi connectivity index (χ1) is 29.0. The van der Waals surface area contributed by atoms with Gasteiger partial charge in [0.05, 0.1) is 39.8 Å². The first-order valence-corrected chi connectivity index (χ1v) is 20.0. The Morgan fingerprint density at radius 1 is 0.617 bits per heavy atom. The van der Waals surface area contributed by atoms with Crippen LogP contribution in [0, 0.1) is 0 Å². The maximum atomic E-state index is 12.7. The second kappa shape index (κ2) is 17.3. The van der Waals surface area contributed by atoms with Crippen molar-refractivity contribution in [3.8, 4) is 57.3 Å². The molecule has 306 valence electrons. The molecular formula is C43H38Cl2N8O7. The van der Waals surface area contributed by atoms with Crippen molar-refractivity contribution in [1.29, 1.82) is 0 Å². The molecule has 0 unspecified atom stereocenters. The van der Waals surface area contributed by atoms with E-state index in [1.54, 1.807) is 65.6 Å². The molecule has 0 amide bonds. The van der Waals surface area contributed by atoms with E-state index in [4.69, 9.17) is 46.2 Å². The van der Waals surface area contributed by atoms with Gasteiger partial charge in [0.2, 0.25) is 23.6 Å². The highest BCUT2D eigenvalue weighted by Crippen LogP contribution is 2.35. The van der Waals surface area contributed by atoms with Crippen LogP contribution in [0.25, 0.3) is 67.9 Å². The molecule has 0 spiro atoms. The number of hydrogen-bond acceptors (Lipinski definition) is 13. The molecule has 15 nitrogen and oxygen atoms in total. The molecule has 0 bridgehead atoms. The van der Waals surface area contributed by atoms with Gasteiger partial charge in [0, 0.05) is 66.2 Å². The minimum absolute atomic E-state index is 0.0185. The third kappa shape index (κ3) is 8.72. The minimum atomic E-state index is -0.637. The lowest BCUT2D eigenvalue weighted by Gasteiger charge is -2.11. The van der Waals surface area contributed by atoms with Gasteiger partial charge >= 0.3 is 11.9 Å². The van der Waals surface area contributed by atoms with Gasteiger partial charge in [-0.25, -0.2) is 9.97 Å². The smallest absolute Gasteiger partial charge is 0.315 e. The van der Waals surface area contributed by atoms with Gasteiger partial charge in [-0.15, -0.1) is 20.4 Å². The van der Waals surface area contributed by atoms with Gasteiger partial charge < -0.3 is 32.2 Å². The summed E-state index contributed by atoms with van der Waals surface area (Å²) in [4.78, 5) is 34.5. The second-order valence-corrected chi connectivity index (χ2v) is 15.2. The van der Waals surface area contributed by atoms with E-state index in [0.29, 0.717) is 91.6 Å². The van der Waals surface area contributed by atoms with Crippen molar-refractivity contribution in [2.45, 2.75) is 72.3 Å². The largest absolute Gasteiger partial charge is 0.489 e. The average Bonchev–Trinajstić information content (AvgIpc) is 4.05. The van der Waals surface area contributed by atoms with Crippen LogP contribution in [0.4, 0.5) is 0 Å². The molecule has 17 heteroatoms. The highest BCUT2D eigenvalue weighted by molar-refractivity contribution is 6.32. The van der Waals surface area contributed by atoms with Gasteiger partial charge in [0.1, 0.15) is 22.8 Å². The number of esters is 2. The van der Waals surface area contributed by atoms with Crippen LogP contribution in [0.1, 0.15) is 47.0 Å². The van der Waals surface area contributed by atoms with Gasteiger partial charge in [0.25, 0.3) is 0 Å². The Kier molecular flexibility index (Phi) is 11.6. The van der Waals surface area contributed by atoms with Crippen LogP contribution in [0.2, 0.25) is 10.0 Å². The molecule has 8 aromatic rings. The normalized spacial score (nSPS) is 11.6. The standard InChI is InChI=1S/C43H38Cl2N8O7/c1-24(2)56-34-9-7-26(22-32(34)44)40-48-50-42(59-40)30-11-16-46-38-28(30)13-19-52(38)18-5-6-36(54)58-37(55)15-21-53-20-14-29-31(12-17-47-39(29)53)43-51-49-41(60-43)27-8-10-35(33(45)23-27)57-25(3)4/h7-14,16-17,19-20,22-25H,5-6,15,18,21H2,1-4H3. The number of benzene rings is 2. The first kappa shape index (κ1) is 40.2. The molecule has 0 saturated heterocycles. The molecule has 0 saturated carbocycles. The van der Waals surface area contributed by atoms with Crippen LogP contribution in [0.3, 0.4) is 0 Å². The predicted molar refractivity (Wildman–Crippen MR) is 223 cm³/mol. The first-order valence-electron chi connectivity index (χ1n) is 19.2. The molecule has 0 radical (unpaired) electrons. The number of hydrogen-bond donors (Lipinski definition) is 0. The Labute approximate surface area is 353 Å². The lowest BCUT2D eigenvalue weighted by Crippen LogP contribution is -2.15. The Morgan fingerprint density at radius 3 is 1.57 bits per heavy atom. The molecule has 8 rings (SSSR count). The Bertz CT molecular complexity index is 2840. The number of carbonyl (C=O) groups excluding carboxylic acids is 2. The van der Waals surface area contributed by atoms with E-state index < -0.39 is 11.9 Å². The number of aryl methyl sites for hydroxylation is 2. The zero-order chi connectivity index (χ0) is 41.9. The lowest BCUT2D eigenvalue weighted by atomic mass is 10.2. The number of halogens is 2. The molecule has 0 N–H and O–H groups in total. The van der Waals surface area contributed by atoms with Crippen LogP contribution in [0.5, 0.6) is 11.5 Å². The molecule has 0 aliphatic carbocycles. The van der Waals surface area contributed by atoms with E-state index in [0.717, 1.165) is 10.8 Å². The third-order valence-electron chi connectivity index (χ3n) is 9.28. The van der Waals surface area contributed by atoms with Crippen molar-refractivity contribution in [3.05, 3.63) is 95.5 Å². The molecule has 0 atom stereocenters. The summed E-state index contributed by atoms with van der Waals surface area (Å²) in [5.74, 6) is 1.12. The Morgan fingerprint density at radius 2 is 1.08 bits per heavy atom. The Hall–Kier alpha value is -6.58. The minimum Gasteiger partial charge on any atom is -0.489 e. The van der Waals surface area contributed by atoms with Crippen molar-refractivity contribution in [2.24, 2.45) is 0 Å². The number of pyridine rings is 2. The summed E-state index contributed by atoms with van der Waals surface area (Å²) in [6.07, 6.45) is 7.33. The topological polar surface area (TPSA) is 175 Å². The van der Waals surface area contributed by atoms with Gasteiger partial charge in [-0.3, -0.25) is 9.59 Å². The fraction of sp³-hybridized carbons (Fsp3) is 0.256. The maximum absolute atomic E-state index is 12.7. The Balaban J connectivity index is 0.845. The van der Waals surface area contributed by atoms with Crippen LogP contribution in [-0.4, -0.2) is 63.6 Å². The summed E-state index contributed by atoms with van der Waals surface area (Å²) in [5, 5.41) is 19.4. The van der Waals surface area contributed by atoms with E-state index in [2.05, 4.69) is 30.4 Å². The molecule has 2 aromatic carbocycles. The second-order valence-electron chi connectivity index (χ2n) is 14.4. The molecule has 6 aromatic heterocycles. The van der Waals surface area contributed by atoms with Crippen molar-refractivity contribution in [1.82, 2.24) is 39.5 Å². The highest BCUT2D eigenvalue weighted by Gasteiger charge is 2.20. The summed E-state index contributed by atoms with van der Waals surface area (Å²) in [6.45, 7) is 8.40. The summed E-state index contributed by atoms with van der Waals surface area (Å²) in [7, 11) is 0. The summed E-state index contributed by atoms with van der Waals surface area (Å²) < 4.78 is 32.4. The van der Waals surface area contributed by atoms with Gasteiger partial charge in [-0.2, -0.15) is 0 Å². The van der Waals surface area contributed by atoms with Crippen LogP contribution in [-0.2, 0) is 27.4 Å². The van der Waals surface area contributed by atoms with Crippen molar-refractivity contribution >= 4 is 57.2 Å².